The Labute approximate surface area is 176 Å². The lowest BCUT2D eigenvalue weighted by molar-refractivity contribution is -0.436. The van der Waals surface area contributed by atoms with Crippen LogP contribution in [0.4, 0.5) is 62.8 Å². The number of hydrogen-bond donors (Lipinski definition) is 1. The summed E-state index contributed by atoms with van der Waals surface area (Å²) in [6.45, 7) is 0.526. The summed E-state index contributed by atoms with van der Waals surface area (Å²) in [5, 5.41) is 1.35. The van der Waals surface area contributed by atoms with E-state index in [1.54, 1.807) is 0 Å². The second-order valence-electron chi connectivity index (χ2n) is 6.17. The molecule has 1 aromatic rings. The largest absolute Gasteiger partial charge is 0.463 e. The van der Waals surface area contributed by atoms with Gasteiger partial charge in [-0.3, -0.25) is 0 Å². The Bertz CT molecular complexity index is 863. The van der Waals surface area contributed by atoms with Crippen LogP contribution in [0, 0.1) is 0 Å². The summed E-state index contributed by atoms with van der Waals surface area (Å²) in [4.78, 5) is 11.4. The summed E-state index contributed by atoms with van der Waals surface area (Å²) in [6.07, 6.45) is -8.09. The Morgan fingerprint density at radius 2 is 1.24 bits per heavy atom. The van der Waals surface area contributed by atoms with Crippen LogP contribution in [0.25, 0.3) is 0 Å². The molecule has 0 atom stereocenters. The molecule has 0 radical (unpaired) electrons. The van der Waals surface area contributed by atoms with E-state index in [0.717, 1.165) is 31.2 Å². The smallest absolute Gasteiger partial charge is 0.460 e. The molecule has 0 bridgehead atoms. The van der Waals surface area contributed by atoms with Gasteiger partial charge in [-0.05, 0) is 19.1 Å². The summed E-state index contributed by atoms with van der Waals surface area (Å²) in [5.74, 6) is -40.0. The van der Waals surface area contributed by atoms with Gasteiger partial charge in [0.15, 0.2) is 0 Å². The molecule has 0 aromatic heterocycles. The molecule has 0 spiro atoms. The number of allylic oxidation sites excluding steroid dienone is 1. The van der Waals surface area contributed by atoms with E-state index in [1.807, 2.05) is 0 Å². The van der Waals surface area contributed by atoms with E-state index in [9.17, 15) is 61.9 Å². The fraction of sp³-hybridized carbons (Fsp3) is 0.471. The van der Waals surface area contributed by atoms with Crippen molar-refractivity contribution in [2.24, 2.45) is 0 Å². The van der Waals surface area contributed by atoms with Gasteiger partial charge in [0.05, 0.1) is 12.3 Å². The lowest BCUT2D eigenvalue weighted by atomic mass is 9.92. The average molecular weight is 509 g/mol. The molecule has 0 saturated heterocycles. The van der Waals surface area contributed by atoms with Gasteiger partial charge in [-0.25, -0.2) is 4.79 Å². The number of alkyl halides is 13. The maximum Gasteiger partial charge on any atom is 0.460 e. The van der Waals surface area contributed by atoms with Gasteiger partial charge in [-0.1, -0.05) is 18.2 Å². The standard InChI is InChI=1S/C17H12F13NO2/c1-2-33-11(32)8-10(31-9-6-4-3-5-7-9)12(18,19)13(20,21)14(22,23)15(24,25)16(26,27)17(28,29)30/h3-8,31H,2H2,1H3/b10-8+. The molecule has 1 rings (SSSR count). The van der Waals surface area contributed by atoms with Crippen LogP contribution in [-0.4, -0.2) is 48.4 Å². The van der Waals surface area contributed by atoms with Crippen molar-refractivity contribution in [3.63, 3.8) is 0 Å². The van der Waals surface area contributed by atoms with Crippen molar-refractivity contribution in [3.05, 3.63) is 42.1 Å². The van der Waals surface area contributed by atoms with Crippen molar-refractivity contribution in [1.29, 1.82) is 0 Å². The highest BCUT2D eigenvalue weighted by Gasteiger charge is 2.91. The van der Waals surface area contributed by atoms with Gasteiger partial charge in [0.2, 0.25) is 0 Å². The summed E-state index contributed by atoms with van der Waals surface area (Å²) >= 11 is 0. The number of esters is 1. The van der Waals surface area contributed by atoms with E-state index in [1.165, 1.54) is 11.4 Å². The Morgan fingerprint density at radius 3 is 1.67 bits per heavy atom. The lowest BCUT2D eigenvalue weighted by Crippen LogP contribution is -2.70. The molecular formula is C17H12F13NO2. The minimum atomic E-state index is -8.05. The number of ether oxygens (including phenoxy) is 1. The van der Waals surface area contributed by atoms with Crippen molar-refractivity contribution in [1.82, 2.24) is 0 Å². The van der Waals surface area contributed by atoms with Crippen LogP contribution < -0.4 is 5.32 Å². The molecule has 188 valence electrons. The zero-order chi connectivity index (χ0) is 26.1. The molecule has 16 heteroatoms. The molecule has 33 heavy (non-hydrogen) atoms. The van der Waals surface area contributed by atoms with E-state index < -0.39 is 65.8 Å². The van der Waals surface area contributed by atoms with Crippen LogP contribution in [0.3, 0.4) is 0 Å². The van der Waals surface area contributed by atoms with Gasteiger partial charge in [-0.2, -0.15) is 57.1 Å². The fourth-order valence-corrected chi connectivity index (χ4v) is 2.12. The van der Waals surface area contributed by atoms with Crippen molar-refractivity contribution < 1.29 is 66.6 Å². The fourth-order valence-electron chi connectivity index (χ4n) is 2.12. The van der Waals surface area contributed by atoms with E-state index in [2.05, 4.69) is 4.74 Å². The molecule has 0 aliphatic carbocycles. The van der Waals surface area contributed by atoms with Crippen molar-refractivity contribution in [3.8, 4) is 0 Å². The van der Waals surface area contributed by atoms with Crippen LogP contribution in [0.2, 0.25) is 0 Å². The molecule has 0 aliphatic heterocycles. The first kappa shape index (κ1) is 28.4. The van der Waals surface area contributed by atoms with Crippen LogP contribution in [0.1, 0.15) is 6.92 Å². The number of halogens is 13. The molecule has 1 aromatic carbocycles. The number of carbonyl (C=O) groups excluding carboxylic acids is 1. The monoisotopic (exact) mass is 509 g/mol. The summed E-state index contributed by atoms with van der Waals surface area (Å²) in [7, 11) is 0. The highest BCUT2D eigenvalue weighted by molar-refractivity contribution is 5.84. The number of rotatable bonds is 9. The van der Waals surface area contributed by atoms with Crippen molar-refractivity contribution >= 4 is 11.7 Å². The minimum absolute atomic E-state index is 0.568. The second kappa shape index (κ2) is 8.93. The van der Waals surface area contributed by atoms with Gasteiger partial charge in [0.25, 0.3) is 0 Å². The molecule has 0 saturated carbocycles. The Morgan fingerprint density at radius 1 is 0.788 bits per heavy atom. The SMILES string of the molecule is CCOC(=O)/C=C(/Nc1ccccc1)C(F)(F)C(F)(F)C(F)(F)C(F)(F)C(F)(F)C(F)(F)F. The highest BCUT2D eigenvalue weighted by Crippen LogP contribution is 2.61. The van der Waals surface area contributed by atoms with E-state index in [-0.39, 0.29) is 0 Å². The maximum absolute atomic E-state index is 14.4. The minimum Gasteiger partial charge on any atom is -0.463 e. The van der Waals surface area contributed by atoms with Crippen molar-refractivity contribution in [2.75, 3.05) is 11.9 Å². The lowest BCUT2D eigenvalue weighted by Gasteiger charge is -2.40. The Balaban J connectivity index is 3.67. The predicted octanol–water partition coefficient (Wildman–Crippen LogP) is 6.28. The summed E-state index contributed by atoms with van der Waals surface area (Å²) < 4.78 is 178. The third-order valence-electron chi connectivity index (χ3n) is 3.87. The third-order valence-corrected chi connectivity index (χ3v) is 3.87. The predicted molar refractivity (Wildman–Crippen MR) is 85.6 cm³/mol. The molecule has 0 amide bonds. The Hall–Kier alpha value is -2.68. The number of carbonyl (C=O) groups is 1. The molecule has 0 aliphatic rings. The first-order valence-electron chi connectivity index (χ1n) is 8.35. The third kappa shape index (κ3) is 4.83. The normalized spacial score (nSPS) is 14.8. The molecule has 0 unspecified atom stereocenters. The van der Waals surface area contributed by atoms with Gasteiger partial charge in [-0.15, -0.1) is 0 Å². The molecular weight excluding hydrogens is 497 g/mol. The van der Waals surface area contributed by atoms with Gasteiger partial charge >= 0.3 is 41.8 Å². The number of anilines is 1. The van der Waals surface area contributed by atoms with Crippen LogP contribution in [-0.2, 0) is 9.53 Å². The van der Waals surface area contributed by atoms with Crippen molar-refractivity contribution in [2.45, 2.75) is 42.7 Å². The molecule has 3 nitrogen and oxygen atoms in total. The second-order valence-corrected chi connectivity index (χ2v) is 6.17. The quantitative estimate of drug-likeness (QED) is 0.242. The summed E-state index contributed by atoms with van der Waals surface area (Å²) in [5.41, 5.74) is -3.16. The van der Waals surface area contributed by atoms with E-state index in [0.29, 0.717) is 0 Å². The van der Waals surface area contributed by atoms with Gasteiger partial charge in [0.1, 0.15) is 0 Å². The number of benzene rings is 1. The molecule has 0 heterocycles. The highest BCUT2D eigenvalue weighted by atomic mass is 19.4. The first-order valence-corrected chi connectivity index (χ1v) is 8.35. The molecule has 1 N–H and O–H groups in total. The van der Waals surface area contributed by atoms with Crippen LogP contribution in [0.15, 0.2) is 42.1 Å². The molecule has 0 fully saturated rings. The number of hydrogen-bond acceptors (Lipinski definition) is 3. The van der Waals surface area contributed by atoms with E-state index >= 15 is 0 Å². The zero-order valence-electron chi connectivity index (χ0n) is 15.9. The van der Waals surface area contributed by atoms with Crippen LogP contribution >= 0.6 is 0 Å². The maximum atomic E-state index is 14.4. The number of nitrogens with one attached hydrogen (secondary N) is 1. The first-order chi connectivity index (χ1) is 14.7. The summed E-state index contributed by atoms with van der Waals surface area (Å²) in [6, 6.07) is 5.09. The topological polar surface area (TPSA) is 38.3 Å². The van der Waals surface area contributed by atoms with Gasteiger partial charge < -0.3 is 10.1 Å². The van der Waals surface area contributed by atoms with Crippen LogP contribution in [0.5, 0.6) is 0 Å². The van der Waals surface area contributed by atoms with Gasteiger partial charge in [0, 0.05) is 11.8 Å². The van der Waals surface area contributed by atoms with E-state index in [4.69, 9.17) is 0 Å². The zero-order valence-corrected chi connectivity index (χ0v) is 15.9. The average Bonchev–Trinajstić information content (AvgIpc) is 2.67. The number of para-hydroxylation sites is 1. The Kier molecular flexibility index (Phi) is 7.67.